The van der Waals surface area contributed by atoms with Gasteiger partial charge in [0.15, 0.2) is 0 Å². The van der Waals surface area contributed by atoms with E-state index in [1.165, 1.54) is 0 Å². The minimum absolute atomic E-state index is 0.305. The zero-order valence-electron chi connectivity index (χ0n) is 7.40. The molecule has 15 heavy (non-hydrogen) atoms. The van der Waals surface area contributed by atoms with Crippen molar-refractivity contribution in [2.24, 2.45) is 0 Å². The summed E-state index contributed by atoms with van der Waals surface area (Å²) in [6.45, 7) is 0. The molecule has 0 saturated carbocycles. The molecule has 1 heterocycles. The van der Waals surface area contributed by atoms with Crippen LogP contribution in [0.5, 0.6) is 0 Å². The van der Waals surface area contributed by atoms with Crippen LogP contribution in [0.15, 0.2) is 40.2 Å². The molecule has 1 aromatic heterocycles. The van der Waals surface area contributed by atoms with Gasteiger partial charge < -0.3 is 4.98 Å². The lowest BCUT2D eigenvalue weighted by Crippen LogP contribution is -2.11. The summed E-state index contributed by atoms with van der Waals surface area (Å²) in [5, 5.41) is 0.305. The Kier molecular flexibility index (Phi) is 2.28. The number of H-pyrrole nitrogens is 1. The zero-order chi connectivity index (χ0) is 11.1. The van der Waals surface area contributed by atoms with Crippen molar-refractivity contribution in [3.63, 3.8) is 0 Å². The predicted octanol–water partition coefficient (Wildman–Crippen LogP) is 1.46. The topological polar surface area (TPSA) is 67.0 Å². The molecule has 0 radical (unpaired) electrons. The normalized spacial score (nSPS) is 11.8. The number of aromatic nitrogens is 1. The highest BCUT2D eigenvalue weighted by Gasteiger charge is 2.16. The van der Waals surface area contributed by atoms with E-state index in [2.05, 4.69) is 4.98 Å². The van der Waals surface area contributed by atoms with Gasteiger partial charge in [-0.1, -0.05) is 12.1 Å². The van der Waals surface area contributed by atoms with E-state index in [9.17, 15) is 13.2 Å². The summed E-state index contributed by atoms with van der Waals surface area (Å²) in [6.07, 6.45) is 1.10. The molecule has 0 amide bonds. The van der Waals surface area contributed by atoms with Gasteiger partial charge in [0.1, 0.15) is 4.90 Å². The molecule has 0 atom stereocenters. The third-order valence-corrected chi connectivity index (χ3v) is 3.34. The van der Waals surface area contributed by atoms with Gasteiger partial charge in [-0.3, -0.25) is 4.79 Å². The molecule has 0 fully saturated rings. The van der Waals surface area contributed by atoms with Gasteiger partial charge in [0.25, 0.3) is 9.05 Å². The van der Waals surface area contributed by atoms with Gasteiger partial charge in [-0.2, -0.15) is 0 Å². The van der Waals surface area contributed by atoms with Crippen LogP contribution in [0.2, 0.25) is 0 Å². The molecular weight excluding hydrogens is 238 g/mol. The van der Waals surface area contributed by atoms with E-state index in [1.54, 1.807) is 24.3 Å². The summed E-state index contributed by atoms with van der Waals surface area (Å²) < 4.78 is 22.1. The van der Waals surface area contributed by atoms with E-state index in [0.717, 1.165) is 6.20 Å². The second kappa shape index (κ2) is 3.36. The van der Waals surface area contributed by atoms with Gasteiger partial charge in [-0.15, -0.1) is 0 Å². The molecule has 78 valence electrons. The largest absolute Gasteiger partial charge is 0.360 e. The summed E-state index contributed by atoms with van der Waals surface area (Å²) in [5.74, 6) is 0. The summed E-state index contributed by atoms with van der Waals surface area (Å²) in [5.41, 5.74) is -0.00841. The second-order valence-corrected chi connectivity index (χ2v) is 5.50. The Labute approximate surface area is 89.9 Å². The van der Waals surface area contributed by atoms with E-state index < -0.39 is 19.4 Å². The van der Waals surface area contributed by atoms with Crippen molar-refractivity contribution in [3.05, 3.63) is 40.7 Å². The summed E-state index contributed by atoms with van der Waals surface area (Å²) in [4.78, 5) is 14.0. The fourth-order valence-electron chi connectivity index (χ4n) is 1.33. The third-order valence-electron chi connectivity index (χ3n) is 2.02. The van der Waals surface area contributed by atoms with Gasteiger partial charge in [-0.05, 0) is 12.1 Å². The Balaban J connectivity index is 2.95. The zero-order valence-corrected chi connectivity index (χ0v) is 8.97. The van der Waals surface area contributed by atoms with Crippen LogP contribution < -0.4 is 5.43 Å². The first kappa shape index (κ1) is 10.2. The van der Waals surface area contributed by atoms with Crippen molar-refractivity contribution in [2.75, 3.05) is 0 Å². The van der Waals surface area contributed by atoms with Crippen LogP contribution in [0.25, 0.3) is 10.9 Å². The molecule has 4 nitrogen and oxygen atoms in total. The number of hydrogen-bond donors (Lipinski definition) is 1. The van der Waals surface area contributed by atoms with E-state index >= 15 is 0 Å². The van der Waals surface area contributed by atoms with Crippen LogP contribution in [-0.4, -0.2) is 13.4 Å². The van der Waals surface area contributed by atoms with Crippen molar-refractivity contribution in [1.82, 2.24) is 4.98 Å². The maximum Gasteiger partial charge on any atom is 0.266 e. The fraction of sp³-hybridized carbons (Fsp3) is 0. The van der Waals surface area contributed by atoms with Crippen LogP contribution in [0, 0.1) is 0 Å². The van der Waals surface area contributed by atoms with Crippen LogP contribution >= 0.6 is 10.7 Å². The van der Waals surface area contributed by atoms with Gasteiger partial charge >= 0.3 is 0 Å². The van der Waals surface area contributed by atoms with Crippen LogP contribution in [0.1, 0.15) is 0 Å². The highest BCUT2D eigenvalue weighted by atomic mass is 35.7. The van der Waals surface area contributed by atoms with Crippen LogP contribution in [0.3, 0.4) is 0 Å². The summed E-state index contributed by atoms with van der Waals surface area (Å²) in [6, 6.07) is 6.62. The van der Waals surface area contributed by atoms with Crippen LogP contribution in [0.4, 0.5) is 0 Å². The highest BCUT2D eigenvalue weighted by Crippen LogP contribution is 2.13. The third kappa shape index (κ3) is 1.75. The number of aromatic amines is 1. The van der Waals surface area contributed by atoms with Gasteiger partial charge in [0.05, 0.1) is 0 Å². The molecule has 0 spiro atoms. The molecule has 0 aliphatic rings. The smallest absolute Gasteiger partial charge is 0.266 e. The number of rotatable bonds is 1. The molecule has 1 N–H and O–H groups in total. The first-order valence-electron chi connectivity index (χ1n) is 4.05. The van der Waals surface area contributed by atoms with Gasteiger partial charge in [0, 0.05) is 27.8 Å². The van der Waals surface area contributed by atoms with E-state index in [4.69, 9.17) is 10.7 Å². The molecule has 1 aromatic carbocycles. The lowest BCUT2D eigenvalue weighted by atomic mass is 10.2. The van der Waals surface area contributed by atoms with Gasteiger partial charge in [-0.25, -0.2) is 8.42 Å². The van der Waals surface area contributed by atoms with Crippen molar-refractivity contribution in [1.29, 1.82) is 0 Å². The Morgan fingerprint density at radius 2 is 1.87 bits per heavy atom. The maximum absolute atomic E-state index is 11.7. The first-order chi connectivity index (χ1) is 7.00. The lowest BCUT2D eigenvalue weighted by Gasteiger charge is -1.99. The number of benzene rings is 1. The molecule has 0 aliphatic carbocycles. The molecule has 0 unspecified atom stereocenters. The van der Waals surface area contributed by atoms with E-state index in [-0.39, 0.29) is 0 Å². The number of para-hydroxylation sites is 1. The highest BCUT2D eigenvalue weighted by molar-refractivity contribution is 8.13. The Hall–Kier alpha value is -1.33. The number of fused-ring (bicyclic) bond motifs is 1. The van der Waals surface area contributed by atoms with Gasteiger partial charge in [0.2, 0.25) is 5.43 Å². The standard InChI is InChI=1S/C9H6ClNO3S/c10-15(13,14)8-5-11-7-4-2-1-3-6(7)9(8)12/h1-5H,(H,11,12). The molecule has 0 aliphatic heterocycles. The predicted molar refractivity (Wildman–Crippen MR) is 57.6 cm³/mol. The molecular formula is C9H6ClNO3S. The first-order valence-corrected chi connectivity index (χ1v) is 6.36. The number of nitrogens with one attached hydrogen (secondary N) is 1. The number of halogens is 1. The van der Waals surface area contributed by atoms with Crippen LogP contribution in [-0.2, 0) is 9.05 Å². The maximum atomic E-state index is 11.7. The monoisotopic (exact) mass is 243 g/mol. The number of pyridine rings is 1. The summed E-state index contributed by atoms with van der Waals surface area (Å²) >= 11 is 0. The fourth-order valence-corrected chi connectivity index (χ4v) is 2.20. The van der Waals surface area contributed by atoms with E-state index in [0.29, 0.717) is 10.9 Å². The second-order valence-electron chi connectivity index (χ2n) is 2.97. The molecule has 2 aromatic rings. The Bertz CT molecular complexity index is 675. The Morgan fingerprint density at radius 1 is 1.20 bits per heavy atom. The summed E-state index contributed by atoms with van der Waals surface area (Å²) in [7, 11) is 1.12. The molecule has 0 bridgehead atoms. The van der Waals surface area contributed by atoms with Crippen molar-refractivity contribution >= 4 is 30.6 Å². The quantitative estimate of drug-likeness (QED) is 0.771. The van der Waals surface area contributed by atoms with Crippen molar-refractivity contribution in [2.45, 2.75) is 4.90 Å². The Morgan fingerprint density at radius 3 is 2.53 bits per heavy atom. The molecule has 0 saturated heterocycles. The number of hydrogen-bond acceptors (Lipinski definition) is 3. The van der Waals surface area contributed by atoms with Crippen molar-refractivity contribution in [3.8, 4) is 0 Å². The average molecular weight is 244 g/mol. The molecule has 2 rings (SSSR count). The molecule has 6 heteroatoms. The minimum atomic E-state index is -4.00. The van der Waals surface area contributed by atoms with E-state index in [1.807, 2.05) is 0 Å². The lowest BCUT2D eigenvalue weighted by molar-refractivity contribution is 0.609. The minimum Gasteiger partial charge on any atom is -0.360 e. The van der Waals surface area contributed by atoms with Crippen molar-refractivity contribution < 1.29 is 8.42 Å². The average Bonchev–Trinajstić information content (AvgIpc) is 2.16. The SMILES string of the molecule is O=c1c(S(=O)(=O)Cl)c[nH]c2ccccc12.